The van der Waals surface area contributed by atoms with Crippen LogP contribution in [0.3, 0.4) is 0 Å². The van der Waals surface area contributed by atoms with Gasteiger partial charge in [0.05, 0.1) is 17.7 Å². The molecule has 6 aliphatic heterocycles. The van der Waals surface area contributed by atoms with Gasteiger partial charge in [0.25, 0.3) is 18.2 Å². The van der Waals surface area contributed by atoms with Crippen molar-refractivity contribution in [3.63, 3.8) is 0 Å². The molecule has 0 saturated carbocycles. The quantitative estimate of drug-likeness (QED) is 0.0898. The highest BCUT2D eigenvalue weighted by Gasteiger charge is 2.45. The molecule has 15 nitrogen and oxygen atoms in total. The lowest BCUT2D eigenvalue weighted by Gasteiger charge is -2.39. The maximum Gasteiger partial charge on any atom is 0.264 e. The minimum absolute atomic E-state index is 0.0606. The van der Waals surface area contributed by atoms with Crippen LogP contribution < -0.4 is 20.9 Å². The van der Waals surface area contributed by atoms with Crippen LogP contribution in [0.15, 0.2) is 47.8 Å². The van der Waals surface area contributed by atoms with Crippen molar-refractivity contribution in [2.45, 2.75) is 102 Å². The summed E-state index contributed by atoms with van der Waals surface area (Å²) in [6.07, 6.45) is 8.92. The Morgan fingerprint density at radius 3 is 2.37 bits per heavy atom. The zero-order valence-electron chi connectivity index (χ0n) is 38.7. The molecule has 358 valence electrons. The number of allylic oxidation sites excluding steroid dienone is 1. The van der Waals surface area contributed by atoms with Crippen molar-refractivity contribution in [3.05, 3.63) is 81.2 Å². The second kappa shape index (κ2) is 21.0. The van der Waals surface area contributed by atoms with Gasteiger partial charge in [0.15, 0.2) is 0 Å². The number of halogens is 2. The van der Waals surface area contributed by atoms with Crippen molar-refractivity contribution in [3.8, 4) is 0 Å². The van der Waals surface area contributed by atoms with Gasteiger partial charge < -0.3 is 35.6 Å². The lowest BCUT2D eigenvalue weighted by molar-refractivity contribution is -0.136. The molecule has 1 unspecified atom stereocenters. The number of aryl methyl sites for hydroxylation is 2. The maximum absolute atomic E-state index is 14.6. The van der Waals surface area contributed by atoms with E-state index < -0.39 is 36.1 Å². The van der Waals surface area contributed by atoms with Gasteiger partial charge in [0, 0.05) is 99.5 Å². The highest BCUT2D eigenvalue weighted by molar-refractivity contribution is 6.24. The Labute approximate surface area is 391 Å². The van der Waals surface area contributed by atoms with Crippen LogP contribution in [0.5, 0.6) is 0 Å². The first kappa shape index (κ1) is 47.7. The van der Waals surface area contributed by atoms with Gasteiger partial charge >= 0.3 is 0 Å². The Morgan fingerprint density at radius 1 is 0.925 bits per heavy atom. The molecule has 0 spiro atoms. The Bertz CT molecular complexity index is 2350. The summed E-state index contributed by atoms with van der Waals surface area (Å²) in [5.74, 6) is -1.10. The number of hydrogen-bond donors (Lipinski definition) is 5. The fourth-order valence-electron chi connectivity index (χ4n) is 10.9. The van der Waals surface area contributed by atoms with E-state index in [-0.39, 0.29) is 42.7 Å². The van der Waals surface area contributed by atoms with E-state index >= 15 is 0 Å². The number of anilines is 1. The van der Waals surface area contributed by atoms with Gasteiger partial charge in [-0.15, -0.1) is 0 Å². The fourth-order valence-corrected chi connectivity index (χ4v) is 10.9. The topological polar surface area (TPSA) is 185 Å². The molecule has 5 amide bonds. The normalized spacial score (nSPS) is 21.5. The summed E-state index contributed by atoms with van der Waals surface area (Å²) in [6.45, 7) is 8.82. The Morgan fingerprint density at radius 2 is 1.67 bits per heavy atom. The van der Waals surface area contributed by atoms with Crippen molar-refractivity contribution in [1.29, 1.82) is 10.8 Å². The number of carbonyl (C=O) groups is 5. The second-order valence-electron chi connectivity index (χ2n) is 18.9. The van der Waals surface area contributed by atoms with Crippen LogP contribution >= 0.6 is 0 Å². The monoisotopic (exact) mass is 923 g/mol. The van der Waals surface area contributed by atoms with E-state index in [2.05, 4.69) is 25.8 Å². The molecule has 0 aliphatic carbocycles. The zero-order chi connectivity index (χ0) is 47.4. The maximum atomic E-state index is 14.6. The molecule has 17 heteroatoms. The summed E-state index contributed by atoms with van der Waals surface area (Å²) in [6, 6.07) is 7.82. The lowest BCUT2D eigenvalue weighted by atomic mass is 9.91. The average Bonchev–Trinajstić information content (AvgIpc) is 3.58. The first-order valence-corrected chi connectivity index (χ1v) is 24.1. The van der Waals surface area contributed by atoms with Gasteiger partial charge in [-0.25, -0.2) is 8.78 Å². The molecule has 0 radical (unpaired) electrons. The average molecular weight is 923 g/mol. The van der Waals surface area contributed by atoms with Crippen molar-refractivity contribution < 1.29 is 32.8 Å². The van der Waals surface area contributed by atoms with Gasteiger partial charge in [0.2, 0.25) is 17.7 Å². The van der Waals surface area contributed by atoms with E-state index in [9.17, 15) is 38.2 Å². The minimum atomic E-state index is -2.77. The Hall–Kier alpha value is -5.81. The number of rotatable bonds is 15. The molecule has 2 aromatic carbocycles. The molecule has 2 aromatic rings. The van der Waals surface area contributed by atoms with Crippen molar-refractivity contribution in [2.24, 2.45) is 5.92 Å². The van der Waals surface area contributed by atoms with E-state index in [1.54, 1.807) is 43.3 Å². The van der Waals surface area contributed by atoms with E-state index in [0.29, 0.717) is 66.2 Å². The highest BCUT2D eigenvalue weighted by atomic mass is 19.3. The number of hydrogen-bond acceptors (Lipinski definition) is 11. The van der Waals surface area contributed by atoms with Gasteiger partial charge in [-0.2, -0.15) is 0 Å². The van der Waals surface area contributed by atoms with E-state index in [1.165, 1.54) is 6.07 Å². The number of imide groups is 2. The number of benzene rings is 2. The number of nitrogens with one attached hydrogen (secondary N) is 5. The predicted molar refractivity (Wildman–Crippen MR) is 252 cm³/mol. The summed E-state index contributed by atoms with van der Waals surface area (Å²) in [4.78, 5) is 73.3. The molecule has 0 bridgehead atoms. The van der Waals surface area contributed by atoms with Gasteiger partial charge in [-0.1, -0.05) is 12.1 Å². The smallest absolute Gasteiger partial charge is 0.264 e. The molecule has 3 fully saturated rings. The summed E-state index contributed by atoms with van der Waals surface area (Å²) < 4.78 is 29.1. The predicted octanol–water partition coefficient (Wildman–Crippen LogP) is 5.26. The molecule has 5 N–H and O–H groups in total. The van der Waals surface area contributed by atoms with Crippen LogP contribution in [0.4, 0.5) is 14.5 Å². The van der Waals surface area contributed by atoms with Gasteiger partial charge in [-0.3, -0.25) is 39.6 Å². The van der Waals surface area contributed by atoms with Gasteiger partial charge in [-0.05, 0) is 131 Å². The second-order valence-corrected chi connectivity index (χ2v) is 18.9. The first-order chi connectivity index (χ1) is 32.3. The number of alkyl halides is 2. The Balaban J connectivity index is 0.811. The van der Waals surface area contributed by atoms with E-state index in [1.807, 2.05) is 11.0 Å². The van der Waals surface area contributed by atoms with Crippen LogP contribution in [-0.2, 0) is 27.2 Å². The SMILES string of the molecule is CN/C=C(\C=N)c1cc2c(cc1C(F)F)N(C(=N)C1=C(NC3CCN(CCC4CCN(CCCc5cccc6c5C(=O)N(C5CCC(=O)NC5=O)C6=O)CC4)CC3)CCN(C(C)=O)C1)CCC2. The third-order valence-corrected chi connectivity index (χ3v) is 14.7. The van der Waals surface area contributed by atoms with Crippen LogP contribution in [0.1, 0.15) is 121 Å². The van der Waals surface area contributed by atoms with Crippen LogP contribution in [0.2, 0.25) is 0 Å². The summed E-state index contributed by atoms with van der Waals surface area (Å²) >= 11 is 0. The summed E-state index contributed by atoms with van der Waals surface area (Å²) in [7, 11) is 1.67. The number of likely N-dealkylation sites (tertiary alicyclic amines) is 2. The number of amidine groups is 1. The number of nitrogens with zero attached hydrogens (tertiary/aromatic N) is 5. The molecule has 6 heterocycles. The molecular formula is C50H64F2N10O5. The first-order valence-electron chi connectivity index (χ1n) is 24.1. The van der Waals surface area contributed by atoms with Crippen LogP contribution in [0.25, 0.3) is 5.57 Å². The summed E-state index contributed by atoms with van der Waals surface area (Å²) in [5, 5.41) is 26.3. The van der Waals surface area contributed by atoms with Crippen molar-refractivity contribution in [2.75, 3.05) is 70.9 Å². The Kier molecular flexibility index (Phi) is 14.9. The molecule has 1 atom stereocenters. The minimum Gasteiger partial charge on any atom is -0.393 e. The lowest BCUT2D eigenvalue weighted by Crippen LogP contribution is -2.54. The molecular weight excluding hydrogens is 859 g/mol. The van der Waals surface area contributed by atoms with E-state index in [4.69, 9.17) is 5.41 Å². The highest BCUT2D eigenvalue weighted by Crippen LogP contribution is 2.38. The number of carbonyl (C=O) groups excluding carboxylic acids is 5. The van der Waals surface area contributed by atoms with Crippen molar-refractivity contribution in [1.82, 2.24) is 35.6 Å². The largest absolute Gasteiger partial charge is 0.393 e. The van der Waals surface area contributed by atoms with Gasteiger partial charge in [0.1, 0.15) is 11.9 Å². The third kappa shape index (κ3) is 10.4. The number of piperidine rings is 3. The molecule has 3 saturated heterocycles. The zero-order valence-corrected chi connectivity index (χ0v) is 38.7. The van der Waals surface area contributed by atoms with E-state index in [0.717, 1.165) is 118 Å². The molecule has 67 heavy (non-hydrogen) atoms. The van der Waals surface area contributed by atoms with Crippen molar-refractivity contribution >= 4 is 52.8 Å². The molecule has 6 aliphatic rings. The number of amides is 5. The summed E-state index contributed by atoms with van der Waals surface area (Å²) in [5.41, 5.74) is 5.16. The number of fused-ring (bicyclic) bond motifs is 2. The fraction of sp³-hybridized carbons (Fsp3) is 0.540. The molecule has 0 aromatic heterocycles. The standard InChI is InChI=1S/C50H64F2N10O5/c1-31(63)60-25-17-41(40(30-60)47(54)61-19-5-8-34-26-38(35(28-53)29-55-2)39(46(51)52)27-43(34)61)56-36-15-23-59(24-16-36)22-14-32-12-20-58(21-13-32)18-4-7-33-6-3-9-37-45(33)50(67)62(49(37)66)42-10-11-44(64)57-48(42)65/h3,6,9,26-29,32,36,42,46,53-56H,4-5,7-8,10-25,30H2,1-2H3,(H,57,64,65)/b35-29+,53-28?,54-47?. The van der Waals surface area contributed by atoms with Crippen LogP contribution in [0, 0.1) is 16.7 Å². The third-order valence-electron chi connectivity index (χ3n) is 14.7. The molecule has 8 rings (SSSR count). The van der Waals surface area contributed by atoms with Crippen LogP contribution in [-0.4, -0.2) is 139 Å².